The van der Waals surface area contributed by atoms with Crippen molar-refractivity contribution in [3.63, 3.8) is 0 Å². The molecule has 2 heterocycles. The predicted octanol–water partition coefficient (Wildman–Crippen LogP) is 3.08. The zero-order valence-electron chi connectivity index (χ0n) is 11.3. The van der Waals surface area contributed by atoms with Crippen molar-refractivity contribution in [1.82, 2.24) is 9.29 Å². The van der Waals surface area contributed by atoms with Crippen LogP contribution in [0.5, 0.6) is 0 Å². The summed E-state index contributed by atoms with van der Waals surface area (Å²) >= 11 is 5.98. The number of sulfonamides is 1. The number of hydrogen-bond donors (Lipinski definition) is 0. The van der Waals surface area contributed by atoms with Crippen molar-refractivity contribution in [3.05, 3.63) is 23.5 Å². The van der Waals surface area contributed by atoms with Gasteiger partial charge in [0, 0.05) is 18.8 Å². The number of aromatic nitrogens is 1. The molecule has 2 fully saturated rings. The Morgan fingerprint density at radius 3 is 2.65 bits per heavy atom. The first-order chi connectivity index (χ1) is 9.60. The molecule has 2 aliphatic rings. The van der Waals surface area contributed by atoms with E-state index in [2.05, 4.69) is 4.98 Å². The van der Waals surface area contributed by atoms with Gasteiger partial charge in [-0.15, -0.1) is 0 Å². The second-order valence-electron chi connectivity index (χ2n) is 5.66. The average Bonchev–Trinajstić information content (AvgIpc) is 3.10. The van der Waals surface area contributed by atoms with E-state index in [-0.39, 0.29) is 16.1 Å². The summed E-state index contributed by atoms with van der Waals surface area (Å²) in [5.74, 6) is 0.516. The SMILES string of the molecule is O=S(=O)(c1cccnc1Cl)N1CCCC1C1CCCC1. The molecule has 1 aromatic rings. The lowest BCUT2D eigenvalue weighted by molar-refractivity contribution is 0.288. The van der Waals surface area contributed by atoms with Gasteiger partial charge >= 0.3 is 0 Å². The van der Waals surface area contributed by atoms with Gasteiger partial charge in [-0.2, -0.15) is 4.31 Å². The molecule has 0 amide bonds. The van der Waals surface area contributed by atoms with Gasteiger partial charge in [0.1, 0.15) is 10.0 Å². The van der Waals surface area contributed by atoms with Crippen molar-refractivity contribution in [2.45, 2.75) is 49.5 Å². The van der Waals surface area contributed by atoms with Gasteiger partial charge in [0.05, 0.1) is 0 Å². The summed E-state index contributed by atoms with van der Waals surface area (Å²) in [6.07, 6.45) is 8.18. The van der Waals surface area contributed by atoms with E-state index >= 15 is 0 Å². The third-order valence-corrected chi connectivity index (χ3v) is 6.87. The highest BCUT2D eigenvalue weighted by molar-refractivity contribution is 7.89. The fraction of sp³-hybridized carbons (Fsp3) is 0.643. The van der Waals surface area contributed by atoms with Gasteiger partial charge in [-0.05, 0) is 43.7 Å². The van der Waals surface area contributed by atoms with Crippen LogP contribution in [0, 0.1) is 5.92 Å². The molecule has 1 aromatic heterocycles. The quantitative estimate of drug-likeness (QED) is 0.806. The minimum atomic E-state index is -3.52. The van der Waals surface area contributed by atoms with Crippen LogP contribution in [0.15, 0.2) is 23.2 Å². The van der Waals surface area contributed by atoms with Gasteiger partial charge in [-0.25, -0.2) is 13.4 Å². The van der Waals surface area contributed by atoms with E-state index in [0.717, 1.165) is 25.7 Å². The van der Waals surface area contributed by atoms with Crippen LogP contribution in [-0.4, -0.2) is 30.3 Å². The van der Waals surface area contributed by atoms with Gasteiger partial charge in [0.25, 0.3) is 0 Å². The molecule has 0 spiro atoms. The summed E-state index contributed by atoms with van der Waals surface area (Å²) in [6.45, 7) is 0.606. The van der Waals surface area contributed by atoms with Crippen LogP contribution in [0.3, 0.4) is 0 Å². The molecule has 1 unspecified atom stereocenters. The molecule has 1 aliphatic heterocycles. The smallest absolute Gasteiger partial charge is 0.243 e. The Morgan fingerprint density at radius 2 is 1.95 bits per heavy atom. The van der Waals surface area contributed by atoms with Gasteiger partial charge in [0.15, 0.2) is 0 Å². The lowest BCUT2D eigenvalue weighted by Gasteiger charge is -2.28. The minimum Gasteiger partial charge on any atom is -0.243 e. The number of nitrogens with zero attached hydrogens (tertiary/aromatic N) is 2. The van der Waals surface area contributed by atoms with Crippen LogP contribution in [-0.2, 0) is 10.0 Å². The fourth-order valence-electron chi connectivity index (χ4n) is 3.57. The summed E-state index contributed by atoms with van der Waals surface area (Å²) < 4.78 is 27.3. The van der Waals surface area contributed by atoms with Crippen molar-refractivity contribution in [2.75, 3.05) is 6.54 Å². The average molecular weight is 315 g/mol. The molecular formula is C14H19ClN2O2S. The Bertz CT molecular complexity index is 585. The van der Waals surface area contributed by atoms with Crippen LogP contribution < -0.4 is 0 Å². The van der Waals surface area contributed by atoms with Gasteiger partial charge in [-0.1, -0.05) is 24.4 Å². The molecule has 0 aromatic carbocycles. The van der Waals surface area contributed by atoms with Crippen LogP contribution in [0.25, 0.3) is 0 Å². The van der Waals surface area contributed by atoms with Gasteiger partial charge < -0.3 is 0 Å². The normalized spacial score (nSPS) is 25.4. The molecule has 0 N–H and O–H groups in total. The van der Waals surface area contributed by atoms with E-state index in [0.29, 0.717) is 12.5 Å². The highest BCUT2D eigenvalue weighted by Gasteiger charge is 2.41. The van der Waals surface area contributed by atoms with E-state index < -0.39 is 10.0 Å². The monoisotopic (exact) mass is 314 g/mol. The second kappa shape index (κ2) is 5.62. The lowest BCUT2D eigenvalue weighted by atomic mass is 9.97. The first-order valence-corrected chi connectivity index (χ1v) is 9.05. The van der Waals surface area contributed by atoms with Crippen LogP contribution in [0.1, 0.15) is 38.5 Å². The van der Waals surface area contributed by atoms with Crippen LogP contribution >= 0.6 is 11.6 Å². The van der Waals surface area contributed by atoms with Crippen LogP contribution in [0.4, 0.5) is 0 Å². The molecule has 4 nitrogen and oxygen atoms in total. The molecule has 0 bridgehead atoms. The van der Waals surface area contributed by atoms with Gasteiger partial charge in [0.2, 0.25) is 10.0 Å². The van der Waals surface area contributed by atoms with E-state index in [4.69, 9.17) is 11.6 Å². The van der Waals surface area contributed by atoms with E-state index in [1.54, 1.807) is 16.4 Å². The Balaban J connectivity index is 1.92. The van der Waals surface area contributed by atoms with E-state index in [1.807, 2.05) is 0 Å². The standard InChI is InChI=1S/C14H19ClN2O2S/c15-14-13(8-3-9-16-14)20(18,19)17-10-4-7-12(17)11-5-1-2-6-11/h3,8-9,11-12H,1-2,4-7,10H2. The fourth-order valence-corrected chi connectivity index (χ4v) is 5.75. The van der Waals surface area contributed by atoms with Gasteiger partial charge in [-0.3, -0.25) is 0 Å². The topological polar surface area (TPSA) is 50.3 Å². The second-order valence-corrected chi connectivity index (χ2v) is 7.88. The summed E-state index contributed by atoms with van der Waals surface area (Å²) in [7, 11) is -3.52. The molecule has 6 heteroatoms. The highest BCUT2D eigenvalue weighted by atomic mass is 35.5. The Morgan fingerprint density at radius 1 is 1.20 bits per heavy atom. The lowest BCUT2D eigenvalue weighted by Crippen LogP contribution is -2.39. The highest BCUT2D eigenvalue weighted by Crippen LogP contribution is 2.38. The molecule has 110 valence electrons. The minimum absolute atomic E-state index is 0.0737. The maximum absolute atomic E-state index is 12.8. The first kappa shape index (κ1) is 14.3. The van der Waals surface area contributed by atoms with E-state index in [9.17, 15) is 8.42 Å². The molecule has 1 saturated carbocycles. The number of rotatable bonds is 3. The maximum Gasteiger partial charge on any atom is 0.246 e. The maximum atomic E-state index is 12.8. The molecule has 1 aliphatic carbocycles. The first-order valence-electron chi connectivity index (χ1n) is 7.23. The molecular weight excluding hydrogens is 296 g/mol. The molecule has 3 rings (SSSR count). The zero-order valence-corrected chi connectivity index (χ0v) is 12.9. The van der Waals surface area contributed by atoms with Crippen LogP contribution in [0.2, 0.25) is 5.15 Å². The predicted molar refractivity (Wildman–Crippen MR) is 78.1 cm³/mol. The van der Waals surface area contributed by atoms with Crippen molar-refractivity contribution < 1.29 is 8.42 Å². The summed E-state index contributed by atoms with van der Waals surface area (Å²) in [4.78, 5) is 4.04. The van der Waals surface area contributed by atoms with Crippen molar-refractivity contribution in [1.29, 1.82) is 0 Å². The van der Waals surface area contributed by atoms with Crippen molar-refractivity contribution in [3.8, 4) is 0 Å². The van der Waals surface area contributed by atoms with Crippen molar-refractivity contribution >= 4 is 21.6 Å². The number of pyridine rings is 1. The summed E-state index contributed by atoms with van der Waals surface area (Å²) in [5, 5.41) is 0.0737. The largest absolute Gasteiger partial charge is 0.246 e. The van der Waals surface area contributed by atoms with E-state index in [1.165, 1.54) is 19.0 Å². The number of hydrogen-bond acceptors (Lipinski definition) is 3. The molecule has 20 heavy (non-hydrogen) atoms. The Labute approximate surface area is 125 Å². The Hall–Kier alpha value is -0.650. The molecule has 1 atom stereocenters. The van der Waals surface area contributed by atoms with Crippen molar-refractivity contribution in [2.24, 2.45) is 5.92 Å². The summed E-state index contributed by atoms with van der Waals surface area (Å²) in [6, 6.07) is 3.33. The third-order valence-electron chi connectivity index (χ3n) is 4.50. The summed E-state index contributed by atoms with van der Waals surface area (Å²) in [5.41, 5.74) is 0. The molecule has 1 saturated heterocycles. The number of halogens is 1. The third kappa shape index (κ3) is 2.47. The zero-order chi connectivity index (χ0) is 14.2. The Kier molecular flexibility index (Phi) is 4.02. The molecule has 0 radical (unpaired) electrons.